The van der Waals surface area contributed by atoms with Crippen molar-refractivity contribution in [3.63, 3.8) is 0 Å². The van der Waals surface area contributed by atoms with Crippen LogP contribution in [-0.2, 0) is 9.53 Å². The van der Waals surface area contributed by atoms with Crippen molar-refractivity contribution < 1.29 is 9.53 Å². The molecule has 4 rings (SSSR count). The lowest BCUT2D eigenvalue weighted by atomic mass is 9.99. The predicted octanol–water partition coefficient (Wildman–Crippen LogP) is 3.73. The van der Waals surface area contributed by atoms with Gasteiger partial charge in [-0.05, 0) is 38.5 Å². The minimum atomic E-state index is -0.472. The van der Waals surface area contributed by atoms with Crippen molar-refractivity contribution in [3.05, 3.63) is 62.5 Å². The Hall–Kier alpha value is -2.39. The molecule has 0 amide bonds. The van der Waals surface area contributed by atoms with E-state index in [4.69, 9.17) is 27.1 Å². The molecular formula is C22H24ClN5O2S. The molecule has 0 unspecified atom stereocenters. The van der Waals surface area contributed by atoms with Crippen LogP contribution in [0.15, 0.2) is 29.3 Å². The summed E-state index contributed by atoms with van der Waals surface area (Å²) >= 11 is 7.81. The van der Waals surface area contributed by atoms with E-state index in [1.54, 1.807) is 11.3 Å². The van der Waals surface area contributed by atoms with Crippen LogP contribution in [0.25, 0.3) is 5.00 Å². The highest BCUT2D eigenvalue weighted by molar-refractivity contribution is 7.15. The van der Waals surface area contributed by atoms with Gasteiger partial charge in [0.15, 0.2) is 11.6 Å². The largest absolute Gasteiger partial charge is 0.372 e. The van der Waals surface area contributed by atoms with E-state index in [1.165, 1.54) is 4.88 Å². The second-order valence-electron chi connectivity index (χ2n) is 7.49. The van der Waals surface area contributed by atoms with Gasteiger partial charge in [-0.15, -0.1) is 21.5 Å². The van der Waals surface area contributed by atoms with E-state index in [0.717, 1.165) is 33.2 Å². The molecule has 3 heterocycles. The zero-order valence-electron chi connectivity index (χ0n) is 17.7. The van der Waals surface area contributed by atoms with Gasteiger partial charge in [-0.2, -0.15) is 0 Å². The topological polar surface area (TPSA) is 95.4 Å². The van der Waals surface area contributed by atoms with Crippen molar-refractivity contribution >= 4 is 34.4 Å². The van der Waals surface area contributed by atoms with E-state index in [-0.39, 0.29) is 18.8 Å². The Kier molecular flexibility index (Phi) is 6.34. The number of ketones is 1. The van der Waals surface area contributed by atoms with Gasteiger partial charge >= 0.3 is 0 Å². The number of ether oxygens (including phenoxy) is 1. The van der Waals surface area contributed by atoms with Gasteiger partial charge in [-0.3, -0.25) is 14.4 Å². The van der Waals surface area contributed by atoms with Gasteiger partial charge in [0.2, 0.25) is 0 Å². The number of benzene rings is 1. The number of halogens is 1. The second kappa shape index (κ2) is 9.00. The summed E-state index contributed by atoms with van der Waals surface area (Å²) in [5, 5.41) is 10.4. The van der Waals surface area contributed by atoms with E-state index in [0.29, 0.717) is 24.0 Å². The van der Waals surface area contributed by atoms with Crippen molar-refractivity contribution in [3.8, 4) is 5.00 Å². The third kappa shape index (κ3) is 4.21. The maximum absolute atomic E-state index is 12.6. The quantitative estimate of drug-likeness (QED) is 0.545. The van der Waals surface area contributed by atoms with Gasteiger partial charge in [0.05, 0.1) is 12.3 Å². The van der Waals surface area contributed by atoms with Crippen LogP contribution < -0.4 is 5.73 Å². The van der Waals surface area contributed by atoms with E-state index < -0.39 is 6.04 Å². The highest BCUT2D eigenvalue weighted by Crippen LogP contribution is 2.39. The van der Waals surface area contributed by atoms with Crippen LogP contribution in [0.3, 0.4) is 0 Å². The molecule has 0 saturated carbocycles. The number of carbonyl (C=O) groups excluding carboxylic acids is 1. The summed E-state index contributed by atoms with van der Waals surface area (Å²) in [6.07, 6.45) is 0.173. The average Bonchev–Trinajstić information content (AvgIpc) is 3.21. The molecule has 1 aliphatic rings. The molecular weight excluding hydrogens is 434 g/mol. The molecule has 9 heteroatoms. The summed E-state index contributed by atoms with van der Waals surface area (Å²) in [5.74, 6) is 1.38. The Balaban J connectivity index is 1.85. The fraction of sp³-hybridized carbons (Fsp3) is 0.364. The predicted molar refractivity (Wildman–Crippen MR) is 123 cm³/mol. The number of nitrogens with two attached hydrogens (primary N) is 1. The van der Waals surface area contributed by atoms with Crippen LogP contribution in [-0.4, -0.2) is 46.0 Å². The van der Waals surface area contributed by atoms with Crippen LogP contribution in [0.2, 0.25) is 5.02 Å². The number of hydrogen-bond acceptors (Lipinski definition) is 7. The highest BCUT2D eigenvalue weighted by atomic mass is 35.5. The first-order valence-corrected chi connectivity index (χ1v) is 11.3. The number of aromatic nitrogens is 3. The van der Waals surface area contributed by atoms with Crippen LogP contribution >= 0.6 is 22.9 Å². The van der Waals surface area contributed by atoms with Gasteiger partial charge in [0, 0.05) is 34.0 Å². The summed E-state index contributed by atoms with van der Waals surface area (Å²) in [5.41, 5.74) is 9.43. The van der Waals surface area contributed by atoms with E-state index in [1.807, 2.05) is 35.8 Å². The van der Waals surface area contributed by atoms with Crippen molar-refractivity contribution in [2.24, 2.45) is 10.7 Å². The number of aryl methyl sites for hydroxylation is 2. The number of Topliss-reactive ketones (excluding diaryl/α,β-unsaturated/α-hetero) is 1. The standard InChI is InChI=1S/C22H24ClN5O2S/c1-12-13(2)31-22-19(12)20(15-4-6-16(23)7-5-15)25-18(10-17(29)11-30-9-8-24)21-27-26-14(3)28(21)22/h4-7,18H,8-11,24H2,1-3H3/t18-/m0/s1. The average molecular weight is 458 g/mol. The van der Waals surface area contributed by atoms with E-state index in [2.05, 4.69) is 24.0 Å². The Morgan fingerprint density at radius 1 is 1.23 bits per heavy atom. The number of hydrogen-bond donors (Lipinski definition) is 1. The molecule has 162 valence electrons. The third-order valence-corrected chi connectivity index (χ3v) is 6.75. The van der Waals surface area contributed by atoms with Crippen LogP contribution in [0.4, 0.5) is 0 Å². The lowest BCUT2D eigenvalue weighted by Crippen LogP contribution is -2.17. The number of aliphatic imine (C=N–C) groups is 1. The lowest BCUT2D eigenvalue weighted by Gasteiger charge is -2.12. The molecule has 0 aliphatic carbocycles. The first-order chi connectivity index (χ1) is 14.9. The third-order valence-electron chi connectivity index (χ3n) is 5.30. The van der Waals surface area contributed by atoms with Gasteiger partial charge in [0.1, 0.15) is 23.5 Å². The fourth-order valence-corrected chi connectivity index (χ4v) is 5.02. The molecule has 7 nitrogen and oxygen atoms in total. The number of carbonyl (C=O) groups is 1. The highest BCUT2D eigenvalue weighted by Gasteiger charge is 2.32. The molecule has 3 aromatic rings. The number of rotatable bonds is 7. The van der Waals surface area contributed by atoms with Gasteiger partial charge in [-0.25, -0.2) is 0 Å². The summed E-state index contributed by atoms with van der Waals surface area (Å²) in [7, 11) is 0. The van der Waals surface area contributed by atoms with Crippen molar-refractivity contribution in [1.29, 1.82) is 0 Å². The molecule has 2 aromatic heterocycles. The normalized spacial score (nSPS) is 15.3. The zero-order valence-corrected chi connectivity index (χ0v) is 19.3. The second-order valence-corrected chi connectivity index (χ2v) is 9.13. The summed E-state index contributed by atoms with van der Waals surface area (Å²) in [6, 6.07) is 7.15. The molecule has 1 aliphatic heterocycles. The molecule has 0 spiro atoms. The van der Waals surface area contributed by atoms with Crippen molar-refractivity contribution in [1.82, 2.24) is 14.8 Å². The first kappa shape index (κ1) is 21.8. The monoisotopic (exact) mass is 457 g/mol. The molecule has 1 atom stereocenters. The smallest absolute Gasteiger partial charge is 0.163 e. The molecule has 2 N–H and O–H groups in total. The summed E-state index contributed by atoms with van der Waals surface area (Å²) < 4.78 is 7.37. The van der Waals surface area contributed by atoms with Gasteiger partial charge < -0.3 is 10.5 Å². The molecule has 0 saturated heterocycles. The number of fused-ring (bicyclic) bond motifs is 3. The Labute approximate surface area is 189 Å². The minimum absolute atomic E-state index is 0.00650. The van der Waals surface area contributed by atoms with Crippen LogP contribution in [0, 0.1) is 20.8 Å². The zero-order chi connectivity index (χ0) is 22.1. The Morgan fingerprint density at radius 2 is 1.97 bits per heavy atom. The summed E-state index contributed by atoms with van der Waals surface area (Å²) in [6.45, 7) is 6.85. The van der Waals surface area contributed by atoms with Gasteiger partial charge in [-0.1, -0.05) is 23.7 Å². The van der Waals surface area contributed by atoms with Crippen molar-refractivity contribution in [2.75, 3.05) is 19.8 Å². The minimum Gasteiger partial charge on any atom is -0.372 e. The van der Waals surface area contributed by atoms with Crippen LogP contribution in [0.5, 0.6) is 0 Å². The SMILES string of the molecule is Cc1sc2c(c1C)C(c1ccc(Cl)cc1)=N[C@@H](CC(=O)COCCN)c1nnc(C)n1-2. The van der Waals surface area contributed by atoms with Crippen molar-refractivity contribution in [2.45, 2.75) is 33.2 Å². The molecule has 1 aromatic carbocycles. The number of nitrogens with zero attached hydrogens (tertiary/aromatic N) is 4. The molecule has 0 radical (unpaired) electrons. The first-order valence-electron chi connectivity index (χ1n) is 10.1. The molecule has 31 heavy (non-hydrogen) atoms. The Bertz CT molecular complexity index is 1150. The maximum Gasteiger partial charge on any atom is 0.163 e. The van der Waals surface area contributed by atoms with Crippen LogP contribution in [0.1, 0.15) is 45.7 Å². The van der Waals surface area contributed by atoms with Gasteiger partial charge in [0.25, 0.3) is 0 Å². The van der Waals surface area contributed by atoms with E-state index in [9.17, 15) is 4.79 Å². The maximum atomic E-state index is 12.6. The lowest BCUT2D eigenvalue weighted by molar-refractivity contribution is -0.123. The molecule has 0 bridgehead atoms. The van der Waals surface area contributed by atoms with E-state index >= 15 is 0 Å². The number of thiophene rings is 1. The molecule has 0 fully saturated rings. The Morgan fingerprint density at radius 3 is 2.68 bits per heavy atom. The fourth-order valence-electron chi connectivity index (χ4n) is 3.68. The summed E-state index contributed by atoms with van der Waals surface area (Å²) in [4.78, 5) is 18.9.